The van der Waals surface area contributed by atoms with Gasteiger partial charge in [0.1, 0.15) is 5.60 Å². The lowest BCUT2D eigenvalue weighted by molar-refractivity contribution is -0.0106. The first kappa shape index (κ1) is 12.1. The number of methoxy groups -OCH3 is 1. The second kappa shape index (κ2) is 4.46. The van der Waals surface area contributed by atoms with Crippen molar-refractivity contribution in [3.8, 4) is 11.5 Å². The van der Waals surface area contributed by atoms with Crippen LogP contribution < -0.4 is 5.73 Å². The molecular weight excluding hydrogens is 238 g/mol. The van der Waals surface area contributed by atoms with E-state index in [-0.39, 0.29) is 0 Å². The third-order valence-corrected chi connectivity index (χ3v) is 3.70. The number of aromatic nitrogens is 2. The minimum atomic E-state index is -0.521. The minimum Gasteiger partial charge on any atom is -0.390 e. The topological polar surface area (TPSA) is 74.2 Å². The number of rotatable bonds is 4. The van der Waals surface area contributed by atoms with Crippen LogP contribution in [0.2, 0.25) is 0 Å². The molecule has 1 atom stereocenters. The predicted octanol–water partition coefficient (Wildman–Crippen LogP) is 2.65. The molecule has 0 aromatic carbocycles. The van der Waals surface area contributed by atoms with Gasteiger partial charge in [-0.25, -0.2) is 0 Å². The second-order valence-corrected chi connectivity index (χ2v) is 4.86. The molecule has 2 aromatic heterocycles. The maximum atomic E-state index is 5.82. The van der Waals surface area contributed by atoms with Crippen molar-refractivity contribution < 1.29 is 9.26 Å². The molecule has 2 rings (SSSR count). The van der Waals surface area contributed by atoms with Gasteiger partial charge >= 0.3 is 0 Å². The van der Waals surface area contributed by atoms with Crippen LogP contribution in [0.15, 0.2) is 16.0 Å². The van der Waals surface area contributed by atoms with Crippen molar-refractivity contribution in [2.75, 3.05) is 12.8 Å². The highest BCUT2D eigenvalue weighted by Crippen LogP contribution is 2.32. The molecule has 0 saturated heterocycles. The third-order valence-electron chi connectivity index (χ3n) is 2.95. The molecule has 6 heteroatoms. The van der Waals surface area contributed by atoms with Crippen molar-refractivity contribution >= 4 is 16.3 Å². The molecule has 0 radical (unpaired) electrons. The molecule has 2 N–H and O–H groups in total. The number of hydrogen-bond donors (Lipinski definition) is 1. The average Bonchev–Trinajstić information content (AvgIpc) is 2.96. The Bertz CT molecular complexity index is 502. The van der Waals surface area contributed by atoms with Gasteiger partial charge in [0.15, 0.2) is 0 Å². The number of anilines is 1. The zero-order valence-electron chi connectivity index (χ0n) is 10.1. The van der Waals surface area contributed by atoms with E-state index < -0.39 is 5.60 Å². The normalized spacial score (nSPS) is 14.8. The van der Waals surface area contributed by atoms with Gasteiger partial charge in [-0.15, -0.1) is 11.3 Å². The van der Waals surface area contributed by atoms with Crippen molar-refractivity contribution in [1.29, 1.82) is 0 Å². The Morgan fingerprint density at radius 2 is 2.35 bits per heavy atom. The van der Waals surface area contributed by atoms with Crippen LogP contribution in [0.5, 0.6) is 0 Å². The van der Waals surface area contributed by atoms with E-state index in [0.717, 1.165) is 12.0 Å². The predicted molar refractivity (Wildman–Crippen MR) is 66.7 cm³/mol. The molecule has 0 aliphatic heterocycles. The van der Waals surface area contributed by atoms with Crippen LogP contribution in [-0.4, -0.2) is 17.3 Å². The van der Waals surface area contributed by atoms with Crippen LogP contribution >= 0.6 is 11.3 Å². The van der Waals surface area contributed by atoms with Crippen molar-refractivity contribution in [1.82, 2.24) is 10.1 Å². The lowest BCUT2D eigenvalue weighted by Gasteiger charge is -2.21. The summed E-state index contributed by atoms with van der Waals surface area (Å²) < 4.78 is 10.6. The molecular formula is C11H15N3O2S. The van der Waals surface area contributed by atoms with Crippen LogP contribution in [0.1, 0.15) is 26.1 Å². The van der Waals surface area contributed by atoms with Gasteiger partial charge in [-0.3, -0.25) is 0 Å². The van der Waals surface area contributed by atoms with E-state index in [9.17, 15) is 0 Å². The number of nitrogens with zero attached hydrogens (tertiary/aromatic N) is 2. The number of nitrogen functional groups attached to an aromatic ring is 1. The summed E-state index contributed by atoms with van der Waals surface area (Å²) in [5, 5.41) is 6.53. The maximum Gasteiger partial charge on any atom is 0.261 e. The van der Waals surface area contributed by atoms with Gasteiger partial charge < -0.3 is 15.0 Å². The van der Waals surface area contributed by atoms with Crippen LogP contribution in [0.3, 0.4) is 0 Å². The van der Waals surface area contributed by atoms with Gasteiger partial charge in [-0.2, -0.15) is 4.98 Å². The van der Waals surface area contributed by atoms with Crippen LogP contribution in [0.25, 0.3) is 11.5 Å². The van der Waals surface area contributed by atoms with Crippen LogP contribution in [-0.2, 0) is 10.3 Å². The summed E-state index contributed by atoms with van der Waals surface area (Å²) >= 11 is 1.45. The number of nitrogens with two attached hydrogens (primary N) is 1. The second-order valence-electron chi connectivity index (χ2n) is 3.91. The number of ether oxygens (including phenoxy) is 1. The quantitative estimate of drug-likeness (QED) is 0.906. The summed E-state index contributed by atoms with van der Waals surface area (Å²) in [5.74, 6) is 0.985. The van der Waals surface area contributed by atoms with E-state index in [1.807, 2.05) is 25.3 Å². The Labute approximate surface area is 104 Å². The van der Waals surface area contributed by atoms with Crippen molar-refractivity contribution in [3.63, 3.8) is 0 Å². The molecule has 0 spiro atoms. The van der Waals surface area contributed by atoms with Gasteiger partial charge in [0.05, 0.1) is 10.6 Å². The summed E-state index contributed by atoms with van der Waals surface area (Å²) in [5.41, 5.74) is 6.07. The summed E-state index contributed by atoms with van der Waals surface area (Å²) in [4.78, 5) is 4.35. The molecule has 5 nitrogen and oxygen atoms in total. The Morgan fingerprint density at radius 3 is 2.88 bits per heavy atom. The summed E-state index contributed by atoms with van der Waals surface area (Å²) in [6.07, 6.45) is 0.765. The van der Waals surface area contributed by atoms with Gasteiger partial charge in [0, 0.05) is 7.11 Å². The minimum absolute atomic E-state index is 0.440. The monoisotopic (exact) mass is 253 g/mol. The largest absolute Gasteiger partial charge is 0.390 e. The van der Waals surface area contributed by atoms with Crippen molar-refractivity contribution in [2.45, 2.75) is 25.9 Å². The zero-order chi connectivity index (χ0) is 12.5. The summed E-state index contributed by atoms with van der Waals surface area (Å²) in [6, 6.07) is 1.87. The molecule has 2 heterocycles. The molecule has 0 aliphatic carbocycles. The zero-order valence-corrected chi connectivity index (χ0v) is 10.9. The maximum absolute atomic E-state index is 5.82. The smallest absolute Gasteiger partial charge is 0.261 e. The van der Waals surface area contributed by atoms with Crippen molar-refractivity contribution in [3.05, 3.63) is 17.3 Å². The van der Waals surface area contributed by atoms with Gasteiger partial charge in [-0.1, -0.05) is 12.1 Å². The Kier molecular flexibility index (Phi) is 3.17. The molecule has 1 unspecified atom stereocenters. The van der Waals surface area contributed by atoms with Crippen LogP contribution in [0, 0.1) is 0 Å². The summed E-state index contributed by atoms with van der Waals surface area (Å²) in [7, 11) is 1.64. The molecule has 0 fully saturated rings. The van der Waals surface area contributed by atoms with E-state index in [2.05, 4.69) is 10.1 Å². The van der Waals surface area contributed by atoms with E-state index in [1.165, 1.54) is 11.3 Å². The van der Waals surface area contributed by atoms with Gasteiger partial charge in [0.25, 0.3) is 5.89 Å². The number of thiophene rings is 1. The standard InChI is InChI=1S/C11H15N3O2S/c1-4-11(2,15-3)10-13-9(16-14-10)7-5-6-17-8(7)12/h5-6H,4,12H2,1-3H3. The molecule has 0 amide bonds. The highest BCUT2D eigenvalue weighted by molar-refractivity contribution is 7.14. The molecule has 92 valence electrons. The average molecular weight is 253 g/mol. The van der Waals surface area contributed by atoms with Gasteiger partial charge in [0.2, 0.25) is 5.82 Å². The third kappa shape index (κ3) is 2.05. The Hall–Kier alpha value is -1.40. The summed E-state index contributed by atoms with van der Waals surface area (Å²) in [6.45, 7) is 3.94. The van der Waals surface area contributed by atoms with E-state index in [0.29, 0.717) is 16.7 Å². The highest BCUT2D eigenvalue weighted by atomic mass is 32.1. The molecule has 0 bridgehead atoms. The van der Waals surface area contributed by atoms with Gasteiger partial charge in [-0.05, 0) is 24.8 Å². The molecule has 0 saturated carbocycles. The lowest BCUT2D eigenvalue weighted by atomic mass is 10.0. The fraction of sp³-hybridized carbons (Fsp3) is 0.455. The SMILES string of the molecule is CCC(C)(OC)c1noc(-c2ccsc2N)n1. The fourth-order valence-corrected chi connectivity index (χ4v) is 2.07. The first-order valence-electron chi connectivity index (χ1n) is 5.33. The van der Waals surface area contributed by atoms with Crippen molar-refractivity contribution in [2.24, 2.45) is 0 Å². The number of hydrogen-bond acceptors (Lipinski definition) is 6. The molecule has 2 aromatic rings. The van der Waals surface area contributed by atoms with E-state index in [1.54, 1.807) is 7.11 Å². The van der Waals surface area contributed by atoms with Crippen LogP contribution in [0.4, 0.5) is 5.00 Å². The Balaban J connectivity index is 2.37. The first-order chi connectivity index (χ1) is 8.10. The Morgan fingerprint density at radius 1 is 1.59 bits per heavy atom. The van der Waals surface area contributed by atoms with E-state index in [4.69, 9.17) is 15.0 Å². The molecule has 0 aliphatic rings. The lowest BCUT2D eigenvalue weighted by Crippen LogP contribution is -2.24. The highest BCUT2D eigenvalue weighted by Gasteiger charge is 2.30. The van der Waals surface area contributed by atoms with E-state index >= 15 is 0 Å². The fourth-order valence-electron chi connectivity index (χ4n) is 1.44. The molecule has 17 heavy (non-hydrogen) atoms. The first-order valence-corrected chi connectivity index (χ1v) is 6.21.